The van der Waals surface area contributed by atoms with Gasteiger partial charge in [-0.1, -0.05) is 31.5 Å². The Morgan fingerprint density at radius 1 is 1.28 bits per heavy atom. The minimum atomic E-state index is 0.764. The molecule has 0 aliphatic heterocycles. The Kier molecular flexibility index (Phi) is 3.82. The summed E-state index contributed by atoms with van der Waals surface area (Å²) in [5, 5.41) is 3.33. The van der Waals surface area contributed by atoms with Gasteiger partial charge in [-0.3, -0.25) is 0 Å². The molecule has 0 atom stereocenters. The number of aromatic nitrogens is 1. The van der Waals surface area contributed by atoms with Gasteiger partial charge >= 0.3 is 0 Å². The minimum absolute atomic E-state index is 0.764. The first kappa shape index (κ1) is 12.4. The molecule has 1 aromatic heterocycles. The fraction of sp³-hybridized carbons (Fsp3) is 0.267. The number of anilines is 3. The molecule has 3 heteroatoms. The molecule has 0 spiro atoms. The Morgan fingerprint density at radius 2 is 2.06 bits per heavy atom. The second kappa shape index (κ2) is 5.54. The molecule has 94 valence electrons. The molecule has 2 rings (SSSR count). The molecule has 0 bridgehead atoms. The smallest absolute Gasteiger partial charge is 0.132 e. The highest BCUT2D eigenvalue weighted by Crippen LogP contribution is 2.22. The molecule has 0 amide bonds. The third-order valence-electron chi connectivity index (χ3n) is 2.94. The van der Waals surface area contributed by atoms with Crippen LogP contribution in [0.2, 0.25) is 0 Å². The number of benzene rings is 1. The molecule has 1 heterocycles. The van der Waals surface area contributed by atoms with Crippen molar-refractivity contribution < 1.29 is 0 Å². The third kappa shape index (κ3) is 2.80. The maximum absolute atomic E-state index is 5.89. The van der Waals surface area contributed by atoms with Crippen molar-refractivity contribution in [3.05, 3.63) is 47.7 Å². The predicted molar refractivity (Wildman–Crippen MR) is 77.1 cm³/mol. The number of pyridine rings is 1. The van der Waals surface area contributed by atoms with Crippen LogP contribution in [0.15, 0.2) is 36.5 Å². The largest absolute Gasteiger partial charge is 0.398 e. The average molecular weight is 241 g/mol. The summed E-state index contributed by atoms with van der Waals surface area (Å²) in [7, 11) is 0. The zero-order valence-electron chi connectivity index (χ0n) is 10.9. The van der Waals surface area contributed by atoms with E-state index in [4.69, 9.17) is 5.73 Å². The SMILES string of the molecule is CCCc1ccccc1Nc1cc(N)c(C)cn1. The van der Waals surface area contributed by atoms with Gasteiger partial charge in [-0.2, -0.15) is 0 Å². The van der Waals surface area contributed by atoms with Gasteiger partial charge in [-0.25, -0.2) is 4.98 Å². The Bertz CT molecular complexity index is 535. The predicted octanol–water partition coefficient (Wildman–Crippen LogP) is 3.67. The number of hydrogen-bond donors (Lipinski definition) is 2. The van der Waals surface area contributed by atoms with Crippen LogP contribution in [0.4, 0.5) is 17.2 Å². The minimum Gasteiger partial charge on any atom is -0.398 e. The normalized spacial score (nSPS) is 10.3. The van der Waals surface area contributed by atoms with Gasteiger partial charge in [0.1, 0.15) is 5.82 Å². The van der Waals surface area contributed by atoms with Crippen LogP contribution in [-0.4, -0.2) is 4.98 Å². The van der Waals surface area contributed by atoms with Crippen molar-refractivity contribution in [3.63, 3.8) is 0 Å². The number of rotatable bonds is 4. The van der Waals surface area contributed by atoms with E-state index in [0.717, 1.165) is 35.6 Å². The Hall–Kier alpha value is -2.03. The number of hydrogen-bond acceptors (Lipinski definition) is 3. The maximum Gasteiger partial charge on any atom is 0.132 e. The Morgan fingerprint density at radius 3 is 2.78 bits per heavy atom. The fourth-order valence-electron chi connectivity index (χ4n) is 1.88. The highest BCUT2D eigenvalue weighted by Gasteiger charge is 2.03. The second-order valence-corrected chi connectivity index (χ2v) is 4.46. The van der Waals surface area contributed by atoms with E-state index < -0.39 is 0 Å². The van der Waals surface area contributed by atoms with Crippen LogP contribution in [0.25, 0.3) is 0 Å². The molecule has 0 aliphatic rings. The van der Waals surface area contributed by atoms with E-state index in [2.05, 4.69) is 35.4 Å². The van der Waals surface area contributed by atoms with Gasteiger partial charge in [-0.05, 0) is 30.5 Å². The topological polar surface area (TPSA) is 50.9 Å². The van der Waals surface area contributed by atoms with Crippen molar-refractivity contribution in [2.24, 2.45) is 0 Å². The lowest BCUT2D eigenvalue weighted by Crippen LogP contribution is -2.00. The van der Waals surface area contributed by atoms with Crippen molar-refractivity contribution in [3.8, 4) is 0 Å². The number of aryl methyl sites for hydroxylation is 2. The van der Waals surface area contributed by atoms with Crippen LogP contribution < -0.4 is 11.1 Å². The Balaban J connectivity index is 2.25. The first-order chi connectivity index (χ1) is 8.70. The van der Waals surface area contributed by atoms with Gasteiger partial charge in [0.15, 0.2) is 0 Å². The van der Waals surface area contributed by atoms with E-state index in [1.807, 2.05) is 19.1 Å². The third-order valence-corrected chi connectivity index (χ3v) is 2.94. The lowest BCUT2D eigenvalue weighted by atomic mass is 10.1. The average Bonchev–Trinajstić information content (AvgIpc) is 2.37. The molecule has 0 fully saturated rings. The van der Waals surface area contributed by atoms with Crippen molar-refractivity contribution in [2.45, 2.75) is 26.7 Å². The summed E-state index contributed by atoms with van der Waals surface area (Å²) < 4.78 is 0. The zero-order chi connectivity index (χ0) is 13.0. The molecule has 3 nitrogen and oxygen atoms in total. The van der Waals surface area contributed by atoms with Crippen molar-refractivity contribution >= 4 is 17.2 Å². The summed E-state index contributed by atoms with van der Waals surface area (Å²) in [5.74, 6) is 0.793. The quantitative estimate of drug-likeness (QED) is 0.858. The number of nitrogens with zero attached hydrogens (tertiary/aromatic N) is 1. The van der Waals surface area contributed by atoms with E-state index >= 15 is 0 Å². The standard InChI is InChI=1S/C15H19N3/c1-3-6-12-7-4-5-8-14(12)18-15-9-13(16)11(2)10-17-15/h4-5,7-10H,3,6H2,1-2H3,(H3,16,17,18). The summed E-state index contributed by atoms with van der Waals surface area (Å²) in [6.45, 7) is 4.13. The lowest BCUT2D eigenvalue weighted by molar-refractivity contribution is 0.923. The highest BCUT2D eigenvalue weighted by atomic mass is 15.0. The van der Waals surface area contributed by atoms with Crippen molar-refractivity contribution in [2.75, 3.05) is 11.1 Å². The van der Waals surface area contributed by atoms with E-state index in [1.54, 1.807) is 6.20 Å². The molecule has 0 saturated carbocycles. The summed E-state index contributed by atoms with van der Waals surface area (Å²) in [4.78, 5) is 4.34. The van der Waals surface area contributed by atoms with E-state index in [-0.39, 0.29) is 0 Å². The van der Waals surface area contributed by atoms with Crippen LogP contribution in [-0.2, 0) is 6.42 Å². The number of nitrogen functional groups attached to an aromatic ring is 1. The molecule has 0 saturated heterocycles. The monoisotopic (exact) mass is 241 g/mol. The lowest BCUT2D eigenvalue weighted by Gasteiger charge is -2.11. The van der Waals surface area contributed by atoms with Crippen molar-refractivity contribution in [1.29, 1.82) is 0 Å². The second-order valence-electron chi connectivity index (χ2n) is 4.46. The molecular weight excluding hydrogens is 222 g/mol. The molecule has 18 heavy (non-hydrogen) atoms. The van der Waals surface area contributed by atoms with Gasteiger partial charge in [0.05, 0.1) is 0 Å². The molecule has 0 radical (unpaired) electrons. The molecule has 0 unspecified atom stereocenters. The summed E-state index contributed by atoms with van der Waals surface area (Å²) in [6.07, 6.45) is 3.98. The zero-order valence-corrected chi connectivity index (χ0v) is 10.9. The molecule has 1 aromatic carbocycles. The van der Waals surface area contributed by atoms with Crippen LogP contribution in [0.1, 0.15) is 24.5 Å². The van der Waals surface area contributed by atoms with Gasteiger partial charge in [0.25, 0.3) is 0 Å². The van der Waals surface area contributed by atoms with Crippen LogP contribution in [0.5, 0.6) is 0 Å². The molecular formula is C15H19N3. The van der Waals surface area contributed by atoms with Gasteiger partial charge in [0.2, 0.25) is 0 Å². The van der Waals surface area contributed by atoms with Crippen LogP contribution in [0.3, 0.4) is 0 Å². The summed E-state index contributed by atoms with van der Waals surface area (Å²) in [5.41, 5.74) is 10.1. The maximum atomic E-state index is 5.89. The van der Waals surface area contributed by atoms with Crippen LogP contribution in [0, 0.1) is 6.92 Å². The number of nitrogens with one attached hydrogen (secondary N) is 1. The number of nitrogens with two attached hydrogens (primary N) is 1. The van der Waals surface area contributed by atoms with Crippen molar-refractivity contribution in [1.82, 2.24) is 4.98 Å². The highest BCUT2D eigenvalue weighted by molar-refractivity contribution is 5.64. The van der Waals surface area contributed by atoms with Gasteiger partial charge < -0.3 is 11.1 Å². The van der Waals surface area contributed by atoms with Gasteiger partial charge in [0, 0.05) is 23.6 Å². The van der Waals surface area contributed by atoms with Crippen LogP contribution >= 0.6 is 0 Å². The van der Waals surface area contributed by atoms with E-state index in [0.29, 0.717) is 0 Å². The van der Waals surface area contributed by atoms with E-state index in [1.165, 1.54) is 5.56 Å². The summed E-state index contributed by atoms with van der Waals surface area (Å²) >= 11 is 0. The number of para-hydroxylation sites is 1. The Labute approximate surface area is 108 Å². The molecule has 2 aromatic rings. The molecule has 3 N–H and O–H groups in total. The van der Waals surface area contributed by atoms with Gasteiger partial charge in [-0.15, -0.1) is 0 Å². The molecule has 0 aliphatic carbocycles. The summed E-state index contributed by atoms with van der Waals surface area (Å²) in [6, 6.07) is 10.2. The first-order valence-electron chi connectivity index (χ1n) is 6.27. The fourth-order valence-corrected chi connectivity index (χ4v) is 1.88. The first-order valence-corrected chi connectivity index (χ1v) is 6.27. The van der Waals surface area contributed by atoms with E-state index in [9.17, 15) is 0 Å².